The number of thiophene rings is 1. The molecule has 0 aliphatic carbocycles. The Kier molecular flexibility index (Phi) is 5.79. The third-order valence-corrected chi connectivity index (χ3v) is 6.55. The zero-order chi connectivity index (χ0) is 19.4. The maximum absolute atomic E-state index is 12.6. The van der Waals surface area contributed by atoms with Crippen LogP contribution in [0.1, 0.15) is 26.6 Å². The number of rotatable bonds is 7. The number of hydrogen-bond donors (Lipinski definition) is 1. The normalized spacial score (nSPS) is 11.5. The van der Waals surface area contributed by atoms with E-state index in [0.29, 0.717) is 17.9 Å². The van der Waals surface area contributed by atoms with Gasteiger partial charge in [-0.1, -0.05) is 0 Å². The minimum Gasteiger partial charge on any atom is -0.468 e. The van der Waals surface area contributed by atoms with Gasteiger partial charge >= 0.3 is 0 Å². The Morgan fingerprint density at radius 1 is 1.19 bits per heavy atom. The summed E-state index contributed by atoms with van der Waals surface area (Å²) in [6.45, 7) is 2.60. The summed E-state index contributed by atoms with van der Waals surface area (Å²) in [5.74, 6) is 0.367. The van der Waals surface area contributed by atoms with Gasteiger partial charge in [0, 0.05) is 17.5 Å². The van der Waals surface area contributed by atoms with E-state index in [1.807, 2.05) is 18.4 Å². The predicted octanol–water partition coefficient (Wildman–Crippen LogP) is 3.40. The molecule has 27 heavy (non-hydrogen) atoms. The first-order valence-electron chi connectivity index (χ1n) is 8.27. The zero-order valence-electron chi connectivity index (χ0n) is 15.0. The smallest absolute Gasteiger partial charge is 0.253 e. The van der Waals surface area contributed by atoms with Crippen LogP contribution in [0.4, 0.5) is 0 Å². The molecule has 8 heteroatoms. The maximum atomic E-state index is 12.6. The van der Waals surface area contributed by atoms with Crippen molar-refractivity contribution in [3.05, 3.63) is 75.9 Å². The molecule has 0 spiro atoms. The molecule has 142 valence electrons. The van der Waals surface area contributed by atoms with Gasteiger partial charge in [-0.25, -0.2) is 13.1 Å². The van der Waals surface area contributed by atoms with E-state index in [-0.39, 0.29) is 17.3 Å². The van der Waals surface area contributed by atoms with E-state index in [9.17, 15) is 13.2 Å². The van der Waals surface area contributed by atoms with Gasteiger partial charge in [0.15, 0.2) is 0 Å². The topological polar surface area (TPSA) is 79.6 Å². The van der Waals surface area contributed by atoms with Crippen LogP contribution in [-0.2, 0) is 23.1 Å². The lowest BCUT2D eigenvalue weighted by molar-refractivity contribution is 0.0786. The first-order valence-corrected chi connectivity index (χ1v) is 10.6. The van der Waals surface area contributed by atoms with Crippen LogP contribution in [0.5, 0.6) is 0 Å². The van der Waals surface area contributed by atoms with E-state index >= 15 is 0 Å². The van der Waals surface area contributed by atoms with E-state index in [1.54, 1.807) is 35.4 Å². The largest absolute Gasteiger partial charge is 0.468 e. The monoisotopic (exact) mass is 404 g/mol. The molecule has 0 aliphatic rings. The Morgan fingerprint density at radius 2 is 1.93 bits per heavy atom. The number of nitrogens with one attached hydrogen (secondary N) is 1. The van der Waals surface area contributed by atoms with Crippen LogP contribution in [0, 0.1) is 6.92 Å². The number of sulfonamides is 1. The molecule has 2 heterocycles. The van der Waals surface area contributed by atoms with Crippen LogP contribution < -0.4 is 4.72 Å². The molecule has 0 unspecified atom stereocenters. The van der Waals surface area contributed by atoms with Gasteiger partial charge in [0.05, 0.1) is 24.2 Å². The van der Waals surface area contributed by atoms with E-state index in [2.05, 4.69) is 4.72 Å². The molecule has 0 saturated carbocycles. The number of hydrogen-bond acceptors (Lipinski definition) is 5. The van der Waals surface area contributed by atoms with Crippen molar-refractivity contribution < 1.29 is 17.6 Å². The average molecular weight is 405 g/mol. The first kappa shape index (κ1) is 19.3. The summed E-state index contributed by atoms with van der Waals surface area (Å²) in [6.07, 6.45) is 1.48. The van der Waals surface area contributed by atoms with Crippen molar-refractivity contribution >= 4 is 27.3 Å². The summed E-state index contributed by atoms with van der Waals surface area (Å²) < 4.78 is 32.3. The SMILES string of the molecule is Cc1ccsc1CN(C)C(=O)c1ccc(S(=O)(=O)NCc2ccco2)cc1. The van der Waals surface area contributed by atoms with E-state index in [0.717, 1.165) is 10.4 Å². The van der Waals surface area contributed by atoms with Crippen molar-refractivity contribution in [2.75, 3.05) is 7.05 Å². The standard InChI is InChI=1S/C19H20N2O4S2/c1-14-9-11-26-18(14)13-21(2)19(22)15-5-7-17(8-6-15)27(23,24)20-12-16-4-3-10-25-16/h3-11,20H,12-13H2,1-2H3. The minimum absolute atomic E-state index is 0.0684. The number of carbonyl (C=O) groups excluding carboxylic acids is 1. The van der Waals surface area contributed by atoms with Crippen molar-refractivity contribution in [1.82, 2.24) is 9.62 Å². The Balaban J connectivity index is 1.66. The molecule has 0 bridgehead atoms. The second kappa shape index (κ2) is 8.08. The molecule has 0 fully saturated rings. The molecule has 1 amide bonds. The number of benzene rings is 1. The quantitative estimate of drug-likeness (QED) is 0.655. The summed E-state index contributed by atoms with van der Waals surface area (Å²) in [6, 6.07) is 11.3. The predicted molar refractivity (Wildman–Crippen MR) is 104 cm³/mol. The lowest BCUT2D eigenvalue weighted by atomic mass is 10.2. The van der Waals surface area contributed by atoms with Crippen molar-refractivity contribution in [3.63, 3.8) is 0 Å². The highest BCUT2D eigenvalue weighted by atomic mass is 32.2. The first-order chi connectivity index (χ1) is 12.9. The van der Waals surface area contributed by atoms with Crippen LogP contribution in [0.15, 0.2) is 63.4 Å². The Morgan fingerprint density at radius 3 is 2.52 bits per heavy atom. The molecular formula is C19H20N2O4S2. The highest BCUT2D eigenvalue weighted by Gasteiger charge is 2.17. The molecule has 3 aromatic rings. The summed E-state index contributed by atoms with van der Waals surface area (Å²) in [4.78, 5) is 15.4. The molecule has 6 nitrogen and oxygen atoms in total. The van der Waals surface area contributed by atoms with Crippen molar-refractivity contribution in [3.8, 4) is 0 Å². The van der Waals surface area contributed by atoms with Gasteiger partial charge in [-0.15, -0.1) is 11.3 Å². The molecule has 2 aromatic heterocycles. The second-order valence-corrected chi connectivity index (χ2v) is 8.88. The van der Waals surface area contributed by atoms with Gasteiger partial charge in [-0.3, -0.25) is 4.79 Å². The number of nitrogens with zero attached hydrogens (tertiary/aromatic N) is 1. The summed E-state index contributed by atoms with van der Waals surface area (Å²) in [5.41, 5.74) is 1.60. The van der Waals surface area contributed by atoms with Crippen molar-refractivity contribution in [2.24, 2.45) is 0 Å². The number of aryl methyl sites for hydroxylation is 1. The average Bonchev–Trinajstić information content (AvgIpc) is 3.32. The van der Waals surface area contributed by atoms with Crippen LogP contribution in [0.2, 0.25) is 0 Å². The lowest BCUT2D eigenvalue weighted by Gasteiger charge is -2.17. The molecule has 1 aromatic carbocycles. The van der Waals surface area contributed by atoms with Crippen LogP contribution >= 0.6 is 11.3 Å². The third kappa shape index (κ3) is 4.65. The highest BCUT2D eigenvalue weighted by molar-refractivity contribution is 7.89. The van der Waals surface area contributed by atoms with Gasteiger partial charge in [0.2, 0.25) is 10.0 Å². The number of amides is 1. The maximum Gasteiger partial charge on any atom is 0.253 e. The van der Waals surface area contributed by atoms with Gasteiger partial charge in [0.1, 0.15) is 5.76 Å². The van der Waals surface area contributed by atoms with Crippen LogP contribution in [0.25, 0.3) is 0 Å². The van der Waals surface area contributed by atoms with E-state index in [4.69, 9.17) is 4.42 Å². The molecule has 3 rings (SSSR count). The van der Waals surface area contributed by atoms with Gasteiger partial charge in [-0.2, -0.15) is 0 Å². The highest BCUT2D eigenvalue weighted by Crippen LogP contribution is 2.19. The lowest BCUT2D eigenvalue weighted by Crippen LogP contribution is -2.26. The fraction of sp³-hybridized carbons (Fsp3) is 0.211. The number of carbonyl (C=O) groups is 1. The van der Waals surface area contributed by atoms with Crippen molar-refractivity contribution in [2.45, 2.75) is 24.9 Å². The summed E-state index contributed by atoms with van der Waals surface area (Å²) in [5, 5.41) is 2.00. The van der Waals surface area contributed by atoms with Gasteiger partial charge < -0.3 is 9.32 Å². The van der Waals surface area contributed by atoms with Crippen LogP contribution in [0.3, 0.4) is 0 Å². The molecule has 0 radical (unpaired) electrons. The Labute approximate surface area is 162 Å². The second-order valence-electron chi connectivity index (χ2n) is 6.12. The summed E-state index contributed by atoms with van der Waals surface area (Å²) >= 11 is 1.61. The zero-order valence-corrected chi connectivity index (χ0v) is 16.6. The van der Waals surface area contributed by atoms with Crippen LogP contribution in [-0.4, -0.2) is 26.3 Å². The molecule has 0 saturated heterocycles. The van der Waals surface area contributed by atoms with E-state index < -0.39 is 10.0 Å². The molecule has 0 atom stereocenters. The molecule has 0 aliphatic heterocycles. The van der Waals surface area contributed by atoms with Gasteiger partial charge in [0.25, 0.3) is 5.91 Å². The Hall–Kier alpha value is -2.42. The molecule has 1 N–H and O–H groups in total. The van der Waals surface area contributed by atoms with E-state index in [1.165, 1.54) is 30.5 Å². The molecular weight excluding hydrogens is 384 g/mol. The van der Waals surface area contributed by atoms with Gasteiger partial charge in [-0.05, 0) is 60.3 Å². The number of furan rings is 1. The fourth-order valence-corrected chi connectivity index (χ4v) is 4.46. The summed E-state index contributed by atoms with van der Waals surface area (Å²) in [7, 11) is -1.95. The Bertz CT molecular complexity index is 1010. The fourth-order valence-electron chi connectivity index (χ4n) is 2.51. The minimum atomic E-state index is -3.68. The third-order valence-electron chi connectivity index (χ3n) is 4.12. The van der Waals surface area contributed by atoms with Crippen molar-refractivity contribution in [1.29, 1.82) is 0 Å².